The number of carbonyl (C=O) groups is 1. The SMILES string of the molecule is O=C(O)c1ccc(-n2ccc(C3CC3)n2)c(C(F)(F)F)c1. The average Bonchev–Trinajstić information content (AvgIpc) is 3.15. The summed E-state index contributed by atoms with van der Waals surface area (Å²) in [4.78, 5) is 10.8. The topological polar surface area (TPSA) is 55.1 Å². The summed E-state index contributed by atoms with van der Waals surface area (Å²) in [5, 5.41) is 13.0. The molecule has 1 fully saturated rings. The number of hydrogen-bond acceptors (Lipinski definition) is 2. The monoisotopic (exact) mass is 296 g/mol. The molecule has 1 aliphatic rings. The number of aromatic carboxylic acids is 1. The van der Waals surface area contributed by atoms with Crippen molar-refractivity contribution >= 4 is 5.97 Å². The highest BCUT2D eigenvalue weighted by molar-refractivity contribution is 5.88. The maximum Gasteiger partial charge on any atom is 0.418 e. The summed E-state index contributed by atoms with van der Waals surface area (Å²) < 4.78 is 40.5. The van der Waals surface area contributed by atoms with Crippen molar-refractivity contribution in [2.45, 2.75) is 24.9 Å². The lowest BCUT2D eigenvalue weighted by Crippen LogP contribution is -2.13. The first kappa shape index (κ1) is 13.7. The van der Waals surface area contributed by atoms with Crippen LogP contribution >= 0.6 is 0 Å². The molecule has 1 aromatic heterocycles. The molecule has 0 spiro atoms. The smallest absolute Gasteiger partial charge is 0.418 e. The Morgan fingerprint density at radius 2 is 2.00 bits per heavy atom. The zero-order valence-electron chi connectivity index (χ0n) is 10.8. The van der Waals surface area contributed by atoms with Gasteiger partial charge in [0.15, 0.2) is 0 Å². The molecule has 0 radical (unpaired) electrons. The molecule has 0 atom stereocenters. The minimum absolute atomic E-state index is 0.167. The summed E-state index contributed by atoms with van der Waals surface area (Å²) in [5.41, 5.74) is -0.807. The number of aromatic nitrogens is 2. The fourth-order valence-corrected chi connectivity index (χ4v) is 2.16. The van der Waals surface area contributed by atoms with Gasteiger partial charge in [0, 0.05) is 12.1 Å². The number of rotatable bonds is 3. The second-order valence-electron chi connectivity index (χ2n) is 4.99. The van der Waals surface area contributed by atoms with E-state index in [0.717, 1.165) is 35.4 Å². The molecule has 21 heavy (non-hydrogen) atoms. The Bertz CT molecular complexity index is 702. The van der Waals surface area contributed by atoms with Gasteiger partial charge in [-0.05, 0) is 37.1 Å². The molecule has 0 aliphatic heterocycles. The molecule has 110 valence electrons. The average molecular weight is 296 g/mol. The maximum atomic E-state index is 13.1. The fourth-order valence-electron chi connectivity index (χ4n) is 2.16. The highest BCUT2D eigenvalue weighted by Crippen LogP contribution is 2.40. The lowest BCUT2D eigenvalue weighted by Gasteiger charge is -2.13. The molecule has 0 unspecified atom stereocenters. The van der Waals surface area contributed by atoms with Crippen LogP contribution in [0.5, 0.6) is 0 Å². The van der Waals surface area contributed by atoms with Crippen LogP contribution in [-0.2, 0) is 6.18 Å². The quantitative estimate of drug-likeness (QED) is 0.943. The predicted octanol–water partition coefficient (Wildman–Crippen LogP) is 3.47. The Balaban J connectivity index is 2.09. The van der Waals surface area contributed by atoms with E-state index in [9.17, 15) is 18.0 Å². The Labute approximate surface area is 117 Å². The summed E-state index contributed by atoms with van der Waals surface area (Å²) in [6, 6.07) is 4.61. The molecule has 1 aromatic carbocycles. The van der Waals surface area contributed by atoms with Crippen molar-refractivity contribution in [3.8, 4) is 5.69 Å². The van der Waals surface area contributed by atoms with E-state index in [1.807, 2.05) is 0 Å². The lowest BCUT2D eigenvalue weighted by atomic mass is 10.1. The highest BCUT2D eigenvalue weighted by Gasteiger charge is 2.35. The molecule has 1 heterocycles. The highest BCUT2D eigenvalue weighted by atomic mass is 19.4. The van der Waals surface area contributed by atoms with Crippen LogP contribution in [0.25, 0.3) is 5.69 Å². The summed E-state index contributed by atoms with van der Waals surface area (Å²) in [6.45, 7) is 0. The number of halogens is 3. The van der Waals surface area contributed by atoms with Gasteiger partial charge in [-0.1, -0.05) is 0 Å². The van der Waals surface area contributed by atoms with Crippen molar-refractivity contribution in [2.75, 3.05) is 0 Å². The third-order valence-electron chi connectivity index (χ3n) is 3.40. The molecule has 1 N–H and O–H groups in total. The second-order valence-corrected chi connectivity index (χ2v) is 4.99. The predicted molar refractivity (Wildman–Crippen MR) is 67.5 cm³/mol. The van der Waals surface area contributed by atoms with Gasteiger partial charge < -0.3 is 5.11 Å². The first-order chi connectivity index (χ1) is 9.86. The van der Waals surface area contributed by atoms with Gasteiger partial charge in [-0.2, -0.15) is 18.3 Å². The number of carboxylic acids is 1. The molecule has 1 saturated carbocycles. The maximum absolute atomic E-state index is 13.1. The van der Waals surface area contributed by atoms with E-state index in [1.54, 1.807) is 6.07 Å². The number of benzene rings is 1. The molecule has 2 aromatic rings. The number of carboxylic acid groups (broad SMARTS) is 1. The molecule has 7 heteroatoms. The van der Waals surface area contributed by atoms with E-state index < -0.39 is 23.3 Å². The minimum atomic E-state index is -4.65. The first-order valence-corrected chi connectivity index (χ1v) is 6.37. The van der Waals surface area contributed by atoms with Crippen LogP contribution in [0.2, 0.25) is 0 Å². The summed E-state index contributed by atoms with van der Waals surface area (Å²) in [6.07, 6.45) is -1.17. The zero-order valence-corrected chi connectivity index (χ0v) is 10.8. The second kappa shape index (κ2) is 4.61. The van der Waals surface area contributed by atoms with E-state index in [4.69, 9.17) is 5.11 Å². The van der Waals surface area contributed by atoms with Gasteiger partial charge in [0.05, 0.1) is 22.5 Å². The minimum Gasteiger partial charge on any atom is -0.478 e. The Morgan fingerprint density at radius 1 is 1.29 bits per heavy atom. The lowest BCUT2D eigenvalue weighted by molar-refractivity contribution is -0.137. The van der Waals surface area contributed by atoms with Gasteiger partial charge in [-0.3, -0.25) is 0 Å². The van der Waals surface area contributed by atoms with Crippen molar-refractivity contribution in [1.29, 1.82) is 0 Å². The fraction of sp³-hybridized carbons (Fsp3) is 0.286. The number of nitrogens with zero attached hydrogens (tertiary/aromatic N) is 2. The molecule has 1 aliphatic carbocycles. The molecular weight excluding hydrogens is 285 g/mol. The van der Waals surface area contributed by atoms with Crippen LogP contribution in [0, 0.1) is 0 Å². The van der Waals surface area contributed by atoms with Crippen LogP contribution < -0.4 is 0 Å². The normalized spacial score (nSPS) is 15.2. The van der Waals surface area contributed by atoms with Crippen molar-refractivity contribution in [3.63, 3.8) is 0 Å². The largest absolute Gasteiger partial charge is 0.478 e. The van der Waals surface area contributed by atoms with Gasteiger partial charge in [0.25, 0.3) is 0 Å². The summed E-state index contributed by atoms with van der Waals surface area (Å²) in [5.74, 6) is -1.06. The van der Waals surface area contributed by atoms with Crippen LogP contribution in [0.4, 0.5) is 13.2 Å². The Kier molecular flexibility index (Phi) is 3.00. The van der Waals surface area contributed by atoms with E-state index in [-0.39, 0.29) is 5.69 Å². The van der Waals surface area contributed by atoms with Crippen LogP contribution in [-0.4, -0.2) is 20.9 Å². The Hall–Kier alpha value is -2.31. The van der Waals surface area contributed by atoms with E-state index in [1.165, 1.54) is 6.20 Å². The summed E-state index contributed by atoms with van der Waals surface area (Å²) in [7, 11) is 0. The zero-order chi connectivity index (χ0) is 15.2. The number of hydrogen-bond donors (Lipinski definition) is 1. The van der Waals surface area contributed by atoms with Gasteiger partial charge in [0.1, 0.15) is 0 Å². The molecular formula is C14H11F3N2O2. The van der Waals surface area contributed by atoms with Gasteiger partial charge in [0.2, 0.25) is 0 Å². The molecule has 3 rings (SSSR count). The van der Waals surface area contributed by atoms with Crippen molar-refractivity contribution in [3.05, 3.63) is 47.3 Å². The third kappa shape index (κ3) is 2.63. The molecule has 0 saturated heterocycles. The van der Waals surface area contributed by atoms with Gasteiger partial charge >= 0.3 is 12.1 Å². The third-order valence-corrected chi connectivity index (χ3v) is 3.40. The Morgan fingerprint density at radius 3 is 2.57 bits per heavy atom. The van der Waals surface area contributed by atoms with Crippen molar-refractivity contribution < 1.29 is 23.1 Å². The van der Waals surface area contributed by atoms with Crippen molar-refractivity contribution in [2.24, 2.45) is 0 Å². The molecule has 4 nitrogen and oxygen atoms in total. The van der Waals surface area contributed by atoms with Gasteiger partial charge in [-0.25, -0.2) is 9.48 Å². The molecule has 0 bridgehead atoms. The standard InChI is InChI=1S/C14H11F3N2O2/c15-14(16,17)10-7-9(13(20)21)3-4-12(10)19-6-5-11(18-19)8-1-2-8/h3-8H,1-2H2,(H,20,21). The van der Waals surface area contributed by atoms with E-state index in [0.29, 0.717) is 12.0 Å². The van der Waals surface area contributed by atoms with E-state index in [2.05, 4.69) is 5.10 Å². The van der Waals surface area contributed by atoms with Crippen molar-refractivity contribution in [1.82, 2.24) is 9.78 Å². The van der Waals surface area contributed by atoms with Crippen LogP contribution in [0.3, 0.4) is 0 Å². The molecule has 0 amide bonds. The van der Waals surface area contributed by atoms with Crippen LogP contribution in [0.15, 0.2) is 30.5 Å². The van der Waals surface area contributed by atoms with Crippen LogP contribution in [0.1, 0.15) is 40.4 Å². The number of alkyl halides is 3. The first-order valence-electron chi connectivity index (χ1n) is 6.37. The van der Waals surface area contributed by atoms with E-state index >= 15 is 0 Å². The summed E-state index contributed by atoms with van der Waals surface area (Å²) >= 11 is 0. The van der Waals surface area contributed by atoms with Gasteiger partial charge in [-0.15, -0.1) is 0 Å².